The third kappa shape index (κ3) is 3.32. The van der Waals surface area contributed by atoms with Gasteiger partial charge >= 0.3 is 0 Å². The minimum atomic E-state index is -0.262. The number of amides is 1. The van der Waals surface area contributed by atoms with E-state index in [0.717, 1.165) is 22.2 Å². The lowest BCUT2D eigenvalue weighted by Crippen LogP contribution is -2.13. The zero-order chi connectivity index (χ0) is 19.7. The van der Waals surface area contributed by atoms with E-state index >= 15 is 0 Å². The van der Waals surface area contributed by atoms with E-state index in [2.05, 4.69) is 10.3 Å². The van der Waals surface area contributed by atoms with Gasteiger partial charge in [0.05, 0.1) is 12.1 Å². The molecule has 0 unspecified atom stereocenters. The molecular weight excluding hydrogens is 376 g/mol. The van der Waals surface area contributed by atoms with Gasteiger partial charge in [0.25, 0.3) is 5.91 Å². The van der Waals surface area contributed by atoms with Crippen molar-refractivity contribution in [3.8, 4) is 17.2 Å². The van der Waals surface area contributed by atoms with Crippen LogP contribution in [0, 0.1) is 6.92 Å². The summed E-state index contributed by atoms with van der Waals surface area (Å²) in [5, 5.41) is 3.31. The van der Waals surface area contributed by atoms with Crippen LogP contribution in [0.25, 0.3) is 22.6 Å². The molecule has 0 spiro atoms. The molecule has 6 heteroatoms. The van der Waals surface area contributed by atoms with Gasteiger partial charge in [0, 0.05) is 16.8 Å². The summed E-state index contributed by atoms with van der Waals surface area (Å²) in [6.07, 6.45) is 0. The second-order valence-corrected chi connectivity index (χ2v) is 6.68. The van der Waals surface area contributed by atoms with Crippen LogP contribution in [0.5, 0.6) is 5.75 Å². The number of rotatable bonds is 4. The van der Waals surface area contributed by atoms with Crippen LogP contribution in [0.1, 0.15) is 15.9 Å². The molecule has 28 heavy (non-hydrogen) atoms. The standard InChI is InChI=1S/C22H17ClN2O3/c1-13-15(22-25-18-7-3-4-9-20(18)28-22)6-5-8-17(13)24-21(26)14-10-11-19(27-2)16(23)12-14/h3-12H,1-2H3,(H,24,26). The summed E-state index contributed by atoms with van der Waals surface area (Å²) in [6.45, 7) is 1.92. The molecule has 1 aromatic heterocycles. The molecule has 1 N–H and O–H groups in total. The molecule has 0 fully saturated rings. The minimum absolute atomic E-state index is 0.262. The minimum Gasteiger partial charge on any atom is -0.495 e. The van der Waals surface area contributed by atoms with Crippen molar-refractivity contribution in [2.75, 3.05) is 12.4 Å². The molecule has 140 valence electrons. The maximum atomic E-state index is 12.7. The first-order chi connectivity index (χ1) is 13.6. The normalized spacial score (nSPS) is 10.8. The number of hydrogen-bond acceptors (Lipinski definition) is 4. The predicted octanol–water partition coefficient (Wildman–Crippen LogP) is 5.72. The summed E-state index contributed by atoms with van der Waals surface area (Å²) >= 11 is 6.13. The Morgan fingerprint density at radius 3 is 2.68 bits per heavy atom. The van der Waals surface area contributed by atoms with E-state index < -0.39 is 0 Å². The molecule has 0 bridgehead atoms. The molecule has 4 rings (SSSR count). The van der Waals surface area contributed by atoms with Gasteiger partial charge in [-0.1, -0.05) is 29.8 Å². The average molecular weight is 393 g/mol. The highest BCUT2D eigenvalue weighted by Gasteiger charge is 2.15. The largest absolute Gasteiger partial charge is 0.495 e. The van der Waals surface area contributed by atoms with E-state index in [4.69, 9.17) is 20.8 Å². The Balaban J connectivity index is 1.65. The first-order valence-corrected chi connectivity index (χ1v) is 9.05. The molecular formula is C22H17ClN2O3. The Hall–Kier alpha value is -3.31. The van der Waals surface area contributed by atoms with Gasteiger partial charge in [-0.05, 0) is 55.0 Å². The molecule has 0 saturated heterocycles. The summed E-state index contributed by atoms with van der Waals surface area (Å²) < 4.78 is 11.0. The van der Waals surface area contributed by atoms with Crippen LogP contribution >= 0.6 is 11.6 Å². The number of halogens is 1. The van der Waals surface area contributed by atoms with Crippen molar-refractivity contribution >= 4 is 34.3 Å². The van der Waals surface area contributed by atoms with Crippen molar-refractivity contribution in [3.63, 3.8) is 0 Å². The Morgan fingerprint density at radius 2 is 1.93 bits per heavy atom. The third-order valence-corrected chi connectivity index (χ3v) is 4.82. The van der Waals surface area contributed by atoms with Crippen molar-refractivity contribution in [2.45, 2.75) is 6.92 Å². The van der Waals surface area contributed by atoms with Crippen LogP contribution in [0.2, 0.25) is 5.02 Å². The number of ether oxygens (including phenoxy) is 1. The SMILES string of the molecule is COc1ccc(C(=O)Nc2cccc(-c3nc4ccccc4o3)c2C)cc1Cl. The maximum absolute atomic E-state index is 12.7. The van der Waals surface area contributed by atoms with Gasteiger partial charge in [0.1, 0.15) is 11.3 Å². The smallest absolute Gasteiger partial charge is 0.255 e. The van der Waals surface area contributed by atoms with Crippen LogP contribution < -0.4 is 10.1 Å². The number of methoxy groups -OCH3 is 1. The quantitative estimate of drug-likeness (QED) is 0.482. The van der Waals surface area contributed by atoms with Crippen LogP contribution in [0.15, 0.2) is 65.1 Å². The second-order valence-electron chi connectivity index (χ2n) is 6.27. The van der Waals surface area contributed by atoms with Gasteiger partial charge < -0.3 is 14.5 Å². The number of nitrogens with zero attached hydrogens (tertiary/aromatic N) is 1. The monoisotopic (exact) mass is 392 g/mol. The van der Waals surface area contributed by atoms with Crippen molar-refractivity contribution in [3.05, 3.63) is 76.8 Å². The highest BCUT2D eigenvalue weighted by Crippen LogP contribution is 2.31. The number of oxazole rings is 1. The molecule has 0 atom stereocenters. The highest BCUT2D eigenvalue weighted by atomic mass is 35.5. The molecule has 0 aliphatic heterocycles. The van der Waals surface area contributed by atoms with Crippen molar-refractivity contribution in [2.24, 2.45) is 0 Å². The summed E-state index contributed by atoms with van der Waals surface area (Å²) in [5.41, 5.74) is 4.32. The van der Waals surface area contributed by atoms with E-state index in [-0.39, 0.29) is 5.91 Å². The first-order valence-electron chi connectivity index (χ1n) is 8.67. The molecule has 1 amide bonds. The Bertz CT molecular complexity index is 1150. The molecule has 0 aliphatic carbocycles. The van der Waals surface area contributed by atoms with Crippen LogP contribution in [-0.2, 0) is 0 Å². The summed E-state index contributed by atoms with van der Waals surface area (Å²) in [4.78, 5) is 17.2. The molecule has 5 nitrogen and oxygen atoms in total. The zero-order valence-corrected chi connectivity index (χ0v) is 16.1. The Kier molecular flexibility index (Phi) is 4.75. The third-order valence-electron chi connectivity index (χ3n) is 4.52. The van der Waals surface area contributed by atoms with Gasteiger partial charge in [-0.25, -0.2) is 4.98 Å². The first kappa shape index (κ1) is 18.1. The van der Waals surface area contributed by atoms with Gasteiger partial charge in [-0.3, -0.25) is 4.79 Å². The van der Waals surface area contributed by atoms with E-state index in [9.17, 15) is 4.79 Å². The van der Waals surface area contributed by atoms with Gasteiger partial charge in [-0.15, -0.1) is 0 Å². The number of carbonyl (C=O) groups excluding carboxylic acids is 1. The van der Waals surface area contributed by atoms with Gasteiger partial charge in [-0.2, -0.15) is 0 Å². The predicted molar refractivity (Wildman–Crippen MR) is 110 cm³/mol. The summed E-state index contributed by atoms with van der Waals surface area (Å²) in [6, 6.07) is 18.1. The molecule has 1 heterocycles. The van der Waals surface area contributed by atoms with E-state index in [1.807, 2.05) is 49.4 Å². The number of carbonyl (C=O) groups is 1. The van der Waals surface area contributed by atoms with Crippen LogP contribution in [0.4, 0.5) is 5.69 Å². The molecule has 3 aromatic carbocycles. The molecule has 0 aliphatic rings. The summed E-state index contributed by atoms with van der Waals surface area (Å²) in [5.74, 6) is 0.775. The van der Waals surface area contributed by atoms with E-state index in [0.29, 0.717) is 27.9 Å². The Labute approximate surface area is 166 Å². The molecule has 0 radical (unpaired) electrons. The highest BCUT2D eigenvalue weighted by molar-refractivity contribution is 6.32. The zero-order valence-electron chi connectivity index (χ0n) is 15.3. The molecule has 4 aromatic rings. The fourth-order valence-electron chi connectivity index (χ4n) is 2.99. The van der Waals surface area contributed by atoms with E-state index in [1.54, 1.807) is 18.2 Å². The fourth-order valence-corrected chi connectivity index (χ4v) is 3.25. The number of hydrogen-bond donors (Lipinski definition) is 1. The van der Waals surface area contributed by atoms with Gasteiger partial charge in [0.2, 0.25) is 5.89 Å². The number of para-hydroxylation sites is 2. The lowest BCUT2D eigenvalue weighted by Gasteiger charge is -2.11. The van der Waals surface area contributed by atoms with Crippen molar-refractivity contribution < 1.29 is 13.9 Å². The lowest BCUT2D eigenvalue weighted by atomic mass is 10.1. The number of benzene rings is 3. The maximum Gasteiger partial charge on any atom is 0.255 e. The summed E-state index contributed by atoms with van der Waals surface area (Å²) in [7, 11) is 1.53. The number of nitrogens with one attached hydrogen (secondary N) is 1. The van der Waals surface area contributed by atoms with Gasteiger partial charge in [0.15, 0.2) is 5.58 Å². The van der Waals surface area contributed by atoms with Crippen molar-refractivity contribution in [1.29, 1.82) is 0 Å². The fraction of sp³-hybridized carbons (Fsp3) is 0.0909. The van der Waals surface area contributed by atoms with E-state index in [1.165, 1.54) is 7.11 Å². The number of anilines is 1. The number of aromatic nitrogens is 1. The van der Waals surface area contributed by atoms with Crippen LogP contribution in [0.3, 0.4) is 0 Å². The molecule has 0 saturated carbocycles. The van der Waals surface area contributed by atoms with Crippen molar-refractivity contribution in [1.82, 2.24) is 4.98 Å². The average Bonchev–Trinajstić information content (AvgIpc) is 3.13. The van der Waals surface area contributed by atoms with Crippen LogP contribution in [-0.4, -0.2) is 18.0 Å². The Morgan fingerprint density at radius 1 is 1.11 bits per heavy atom. The topological polar surface area (TPSA) is 64.4 Å². The second kappa shape index (κ2) is 7.37. The number of fused-ring (bicyclic) bond motifs is 1. The lowest BCUT2D eigenvalue weighted by molar-refractivity contribution is 0.102.